The van der Waals surface area contributed by atoms with E-state index in [4.69, 9.17) is 11.6 Å². The molecule has 2 rings (SSSR count). The molecule has 0 bridgehead atoms. The van der Waals surface area contributed by atoms with Crippen molar-refractivity contribution in [1.29, 1.82) is 0 Å². The highest BCUT2D eigenvalue weighted by Crippen LogP contribution is 2.19. The van der Waals surface area contributed by atoms with E-state index in [1.807, 2.05) is 25.1 Å². The molecule has 0 aliphatic heterocycles. The van der Waals surface area contributed by atoms with Crippen molar-refractivity contribution in [3.8, 4) is 0 Å². The van der Waals surface area contributed by atoms with Gasteiger partial charge in [-0.2, -0.15) is 0 Å². The molecule has 2 aromatic rings. The third kappa shape index (κ3) is 5.19. The van der Waals surface area contributed by atoms with Crippen LogP contribution >= 0.6 is 34.2 Å². The molecule has 0 unspecified atom stereocenters. The molecule has 0 atom stereocenters. The van der Waals surface area contributed by atoms with Crippen LogP contribution in [0.4, 0.5) is 5.69 Å². The average molecular weight is 464 g/mol. The van der Waals surface area contributed by atoms with Gasteiger partial charge < -0.3 is 5.32 Å². The number of sulfone groups is 1. The van der Waals surface area contributed by atoms with Crippen molar-refractivity contribution >= 4 is 55.6 Å². The Morgan fingerprint density at radius 3 is 2.43 bits per heavy atom. The number of carbonyl (C=O) groups is 1. The summed E-state index contributed by atoms with van der Waals surface area (Å²) in [5.74, 6) is -0.573. The first-order valence-electron chi connectivity index (χ1n) is 6.82. The highest BCUT2D eigenvalue weighted by atomic mass is 127. The van der Waals surface area contributed by atoms with Crippen molar-refractivity contribution in [1.82, 2.24) is 0 Å². The molecule has 0 heterocycles. The summed E-state index contributed by atoms with van der Waals surface area (Å²) in [5.41, 5.74) is 1.63. The third-order valence-electron chi connectivity index (χ3n) is 3.23. The van der Waals surface area contributed by atoms with Gasteiger partial charge in [0.1, 0.15) is 0 Å². The molecule has 1 amide bonds. The molecule has 122 valence electrons. The van der Waals surface area contributed by atoms with Crippen LogP contribution < -0.4 is 5.32 Å². The van der Waals surface area contributed by atoms with E-state index < -0.39 is 9.84 Å². The Morgan fingerprint density at radius 1 is 1.17 bits per heavy atom. The predicted octanol–water partition coefficient (Wildman–Crippen LogP) is 4.06. The maximum Gasteiger partial charge on any atom is 0.225 e. The van der Waals surface area contributed by atoms with Crippen molar-refractivity contribution < 1.29 is 13.2 Å². The standard InChI is InChI=1S/C16H15ClINO3S/c1-11-10-13(18)4-7-15(11)19-16(20)8-9-23(21,22)14-5-2-12(17)3-6-14/h2-7,10H,8-9H2,1H3,(H,19,20). The van der Waals surface area contributed by atoms with Crippen LogP contribution in [0.5, 0.6) is 0 Å². The summed E-state index contributed by atoms with van der Waals surface area (Å²) >= 11 is 7.94. The first kappa shape index (κ1) is 18.2. The van der Waals surface area contributed by atoms with E-state index in [1.165, 1.54) is 24.3 Å². The second-order valence-electron chi connectivity index (χ2n) is 5.03. The molecule has 0 fully saturated rings. The van der Waals surface area contributed by atoms with E-state index >= 15 is 0 Å². The summed E-state index contributed by atoms with van der Waals surface area (Å²) in [5, 5.41) is 3.21. The molecule has 23 heavy (non-hydrogen) atoms. The van der Waals surface area contributed by atoms with Gasteiger partial charge in [-0.3, -0.25) is 4.79 Å². The van der Waals surface area contributed by atoms with Crippen LogP contribution in [0.2, 0.25) is 5.02 Å². The quantitative estimate of drug-likeness (QED) is 0.680. The summed E-state index contributed by atoms with van der Waals surface area (Å²) in [6, 6.07) is 11.6. The lowest BCUT2D eigenvalue weighted by molar-refractivity contribution is -0.115. The van der Waals surface area contributed by atoms with Crippen molar-refractivity contribution in [2.75, 3.05) is 11.1 Å². The van der Waals surface area contributed by atoms with Gasteiger partial charge in [-0.1, -0.05) is 11.6 Å². The Kier molecular flexibility index (Phi) is 6.05. The van der Waals surface area contributed by atoms with E-state index in [9.17, 15) is 13.2 Å². The van der Waals surface area contributed by atoms with Crippen LogP contribution in [0.25, 0.3) is 0 Å². The highest BCUT2D eigenvalue weighted by Gasteiger charge is 2.16. The van der Waals surface area contributed by atoms with Gasteiger partial charge in [0.05, 0.1) is 10.6 Å². The lowest BCUT2D eigenvalue weighted by Crippen LogP contribution is -2.18. The van der Waals surface area contributed by atoms with Crippen molar-refractivity contribution in [3.63, 3.8) is 0 Å². The number of carbonyl (C=O) groups excluding carboxylic acids is 1. The molecule has 7 heteroatoms. The fraction of sp³-hybridized carbons (Fsp3) is 0.188. The van der Waals surface area contributed by atoms with Crippen molar-refractivity contribution in [3.05, 3.63) is 56.6 Å². The van der Waals surface area contributed by atoms with E-state index in [0.717, 1.165) is 9.13 Å². The van der Waals surface area contributed by atoms with Gasteiger partial charge in [-0.15, -0.1) is 0 Å². The zero-order valence-corrected chi connectivity index (χ0v) is 16.1. The monoisotopic (exact) mass is 463 g/mol. The molecule has 2 aromatic carbocycles. The number of hydrogen-bond acceptors (Lipinski definition) is 3. The molecular formula is C16H15ClINO3S. The molecule has 0 radical (unpaired) electrons. The molecule has 0 saturated heterocycles. The van der Waals surface area contributed by atoms with Crippen molar-refractivity contribution in [2.24, 2.45) is 0 Å². The van der Waals surface area contributed by atoms with E-state index in [0.29, 0.717) is 10.7 Å². The lowest BCUT2D eigenvalue weighted by Gasteiger charge is -2.09. The number of amides is 1. The number of aryl methyl sites for hydroxylation is 1. The van der Waals surface area contributed by atoms with Crippen LogP contribution in [0, 0.1) is 10.5 Å². The maximum absolute atomic E-state index is 12.2. The fourth-order valence-electron chi connectivity index (χ4n) is 1.97. The molecular weight excluding hydrogens is 449 g/mol. The minimum Gasteiger partial charge on any atom is -0.326 e. The minimum absolute atomic E-state index is 0.101. The number of benzene rings is 2. The number of hydrogen-bond donors (Lipinski definition) is 1. The van der Waals surface area contributed by atoms with Gasteiger partial charge >= 0.3 is 0 Å². The first-order chi connectivity index (χ1) is 10.8. The van der Waals surface area contributed by atoms with Gasteiger partial charge in [0, 0.05) is 20.7 Å². The smallest absolute Gasteiger partial charge is 0.225 e. The molecule has 0 aromatic heterocycles. The lowest BCUT2D eigenvalue weighted by atomic mass is 10.2. The second-order valence-corrected chi connectivity index (χ2v) is 8.82. The van der Waals surface area contributed by atoms with Gasteiger partial charge in [-0.05, 0) is 77.5 Å². The van der Waals surface area contributed by atoms with Gasteiger partial charge in [0.2, 0.25) is 5.91 Å². The topological polar surface area (TPSA) is 63.2 Å². The molecule has 0 spiro atoms. The number of rotatable bonds is 5. The Bertz CT molecular complexity index is 820. The predicted molar refractivity (Wildman–Crippen MR) is 101 cm³/mol. The SMILES string of the molecule is Cc1cc(I)ccc1NC(=O)CCS(=O)(=O)c1ccc(Cl)cc1. The molecule has 0 saturated carbocycles. The molecule has 1 N–H and O–H groups in total. The fourth-order valence-corrected chi connectivity index (χ4v) is 3.98. The zero-order valence-electron chi connectivity index (χ0n) is 12.3. The normalized spacial score (nSPS) is 11.3. The third-order valence-corrected chi connectivity index (χ3v) is 5.89. The van der Waals surface area contributed by atoms with Gasteiger partial charge in [0.25, 0.3) is 0 Å². The Morgan fingerprint density at radius 2 is 1.83 bits per heavy atom. The van der Waals surface area contributed by atoms with Crippen LogP contribution in [0.3, 0.4) is 0 Å². The van der Waals surface area contributed by atoms with Crippen molar-refractivity contribution in [2.45, 2.75) is 18.2 Å². The van der Waals surface area contributed by atoms with Crippen LogP contribution in [0.15, 0.2) is 47.4 Å². The highest BCUT2D eigenvalue weighted by molar-refractivity contribution is 14.1. The average Bonchev–Trinajstić information content (AvgIpc) is 2.49. The number of nitrogens with one attached hydrogen (secondary N) is 1. The largest absolute Gasteiger partial charge is 0.326 e. The molecule has 0 aliphatic rings. The summed E-state index contributed by atoms with van der Waals surface area (Å²) in [6.45, 7) is 1.89. The summed E-state index contributed by atoms with van der Waals surface area (Å²) in [6.07, 6.45) is -0.101. The molecule has 4 nitrogen and oxygen atoms in total. The minimum atomic E-state index is -3.50. The Balaban J connectivity index is 1.99. The van der Waals surface area contributed by atoms with E-state index in [-0.39, 0.29) is 23.0 Å². The van der Waals surface area contributed by atoms with Gasteiger partial charge in [-0.25, -0.2) is 8.42 Å². The summed E-state index contributed by atoms with van der Waals surface area (Å²) in [7, 11) is -3.50. The Hall–Kier alpha value is -1.12. The first-order valence-corrected chi connectivity index (χ1v) is 9.93. The van der Waals surface area contributed by atoms with Gasteiger partial charge in [0.15, 0.2) is 9.84 Å². The second kappa shape index (κ2) is 7.63. The Labute approximate surface area is 154 Å². The van der Waals surface area contributed by atoms with Crippen LogP contribution in [0.1, 0.15) is 12.0 Å². The van der Waals surface area contributed by atoms with Crippen LogP contribution in [-0.4, -0.2) is 20.1 Å². The number of halogens is 2. The number of anilines is 1. The molecule has 0 aliphatic carbocycles. The van der Waals surface area contributed by atoms with E-state index in [2.05, 4.69) is 27.9 Å². The maximum atomic E-state index is 12.2. The van der Waals surface area contributed by atoms with Crippen LogP contribution in [-0.2, 0) is 14.6 Å². The summed E-state index contributed by atoms with van der Waals surface area (Å²) in [4.78, 5) is 12.1. The zero-order chi connectivity index (χ0) is 17.0. The van der Waals surface area contributed by atoms with E-state index in [1.54, 1.807) is 0 Å². The summed E-state index contributed by atoms with van der Waals surface area (Å²) < 4.78 is 25.4.